The molecule has 0 saturated carbocycles. The van der Waals surface area contributed by atoms with Gasteiger partial charge in [0.2, 0.25) is 0 Å². The van der Waals surface area contributed by atoms with Crippen LogP contribution in [0.15, 0.2) is 29.2 Å². The van der Waals surface area contributed by atoms with E-state index in [0.717, 1.165) is 18.4 Å². The monoisotopic (exact) mass is 212 g/mol. The maximum Gasteiger partial charge on any atom is 0.186 e. The van der Waals surface area contributed by atoms with Crippen LogP contribution in [-0.4, -0.2) is 8.76 Å². The Labute approximate surface area is 87.6 Å². The van der Waals surface area contributed by atoms with E-state index in [2.05, 4.69) is 13.8 Å². The fourth-order valence-electron chi connectivity index (χ4n) is 1.32. The number of hydrogen-bond donors (Lipinski definition) is 1. The highest BCUT2D eigenvalue weighted by atomic mass is 32.2. The van der Waals surface area contributed by atoms with E-state index in [1.165, 1.54) is 0 Å². The highest BCUT2D eigenvalue weighted by Crippen LogP contribution is 2.16. The van der Waals surface area contributed by atoms with E-state index in [9.17, 15) is 4.21 Å². The third-order valence-electron chi connectivity index (χ3n) is 2.15. The highest BCUT2D eigenvalue weighted by molar-refractivity contribution is 7.79. The van der Waals surface area contributed by atoms with Crippen LogP contribution < -0.4 is 0 Å². The zero-order chi connectivity index (χ0) is 10.6. The molecule has 1 rings (SSSR count). The first-order chi connectivity index (χ1) is 6.61. The van der Waals surface area contributed by atoms with Crippen molar-refractivity contribution in [1.29, 1.82) is 0 Å². The molecule has 0 radical (unpaired) electrons. The number of rotatable bonds is 4. The van der Waals surface area contributed by atoms with Crippen molar-refractivity contribution < 1.29 is 8.76 Å². The van der Waals surface area contributed by atoms with Gasteiger partial charge in [-0.1, -0.05) is 32.0 Å². The van der Waals surface area contributed by atoms with Crippen LogP contribution in [0.25, 0.3) is 0 Å². The smallest absolute Gasteiger partial charge is 0.186 e. The Kier molecular flexibility index (Phi) is 4.29. The quantitative estimate of drug-likeness (QED) is 0.779. The van der Waals surface area contributed by atoms with E-state index in [4.69, 9.17) is 4.55 Å². The Morgan fingerprint density at radius 2 is 2.00 bits per heavy atom. The standard InChI is InChI=1S/C11H16O2S/c1-9(2)7-8-10-5-3-4-6-11(10)14(12)13/h3-6,9H,7-8H2,1-2H3,(H,12,13). The Balaban J connectivity index is 2.79. The summed E-state index contributed by atoms with van der Waals surface area (Å²) in [6.45, 7) is 4.30. The van der Waals surface area contributed by atoms with Crippen molar-refractivity contribution in [3.8, 4) is 0 Å². The molecule has 1 N–H and O–H groups in total. The number of hydrogen-bond acceptors (Lipinski definition) is 1. The van der Waals surface area contributed by atoms with Gasteiger partial charge < -0.3 is 4.55 Å². The molecule has 0 aliphatic rings. The van der Waals surface area contributed by atoms with Crippen LogP contribution in [0.4, 0.5) is 0 Å². The Bertz CT molecular complexity index is 321. The molecule has 3 heteroatoms. The van der Waals surface area contributed by atoms with Crippen LogP contribution in [0, 0.1) is 5.92 Å². The molecule has 0 aromatic heterocycles. The van der Waals surface area contributed by atoms with Gasteiger partial charge >= 0.3 is 0 Å². The second-order valence-electron chi connectivity index (χ2n) is 3.79. The third kappa shape index (κ3) is 3.24. The van der Waals surface area contributed by atoms with Gasteiger partial charge in [-0.25, -0.2) is 4.21 Å². The van der Waals surface area contributed by atoms with Crippen LogP contribution in [0.3, 0.4) is 0 Å². The second-order valence-corrected chi connectivity index (χ2v) is 4.73. The van der Waals surface area contributed by atoms with Crippen molar-refractivity contribution in [3.63, 3.8) is 0 Å². The van der Waals surface area contributed by atoms with Crippen LogP contribution in [-0.2, 0) is 17.5 Å². The van der Waals surface area contributed by atoms with Crippen molar-refractivity contribution in [3.05, 3.63) is 29.8 Å². The van der Waals surface area contributed by atoms with Gasteiger partial charge in [-0.15, -0.1) is 0 Å². The molecule has 14 heavy (non-hydrogen) atoms. The summed E-state index contributed by atoms with van der Waals surface area (Å²) in [5, 5.41) is 0. The van der Waals surface area contributed by atoms with Gasteiger partial charge in [0, 0.05) is 0 Å². The molecule has 1 atom stereocenters. The molecule has 0 bridgehead atoms. The average molecular weight is 212 g/mol. The van der Waals surface area contributed by atoms with E-state index < -0.39 is 11.1 Å². The summed E-state index contributed by atoms with van der Waals surface area (Å²) in [4.78, 5) is 0.549. The molecule has 0 aliphatic carbocycles. The van der Waals surface area contributed by atoms with Gasteiger partial charge in [0.15, 0.2) is 11.1 Å². The fraction of sp³-hybridized carbons (Fsp3) is 0.455. The maximum absolute atomic E-state index is 11.0. The van der Waals surface area contributed by atoms with Crippen molar-refractivity contribution >= 4 is 11.1 Å². The Morgan fingerprint density at radius 3 is 2.57 bits per heavy atom. The van der Waals surface area contributed by atoms with Gasteiger partial charge in [-0.05, 0) is 30.4 Å². The van der Waals surface area contributed by atoms with E-state index in [1.54, 1.807) is 12.1 Å². The van der Waals surface area contributed by atoms with Crippen molar-refractivity contribution in [2.45, 2.75) is 31.6 Å². The lowest BCUT2D eigenvalue weighted by Crippen LogP contribution is -1.98. The zero-order valence-electron chi connectivity index (χ0n) is 8.56. The molecule has 0 heterocycles. The van der Waals surface area contributed by atoms with E-state index in [-0.39, 0.29) is 0 Å². The zero-order valence-corrected chi connectivity index (χ0v) is 9.38. The molecule has 2 nitrogen and oxygen atoms in total. The summed E-state index contributed by atoms with van der Waals surface area (Å²) in [7, 11) is 0. The van der Waals surface area contributed by atoms with Gasteiger partial charge in [-0.2, -0.15) is 0 Å². The van der Waals surface area contributed by atoms with Crippen LogP contribution in [0.1, 0.15) is 25.8 Å². The maximum atomic E-state index is 11.0. The Hall–Kier alpha value is -0.670. The van der Waals surface area contributed by atoms with Gasteiger partial charge in [-0.3, -0.25) is 0 Å². The van der Waals surface area contributed by atoms with Crippen LogP contribution in [0.5, 0.6) is 0 Å². The summed E-state index contributed by atoms with van der Waals surface area (Å²) in [5.74, 6) is 0.621. The lowest BCUT2D eigenvalue weighted by Gasteiger charge is -2.07. The normalized spacial score (nSPS) is 13.1. The minimum atomic E-state index is -1.86. The topological polar surface area (TPSA) is 37.3 Å². The predicted octanol–water partition coefficient (Wildman–Crippen LogP) is 2.86. The minimum Gasteiger partial charge on any atom is -0.302 e. The van der Waals surface area contributed by atoms with E-state index >= 15 is 0 Å². The molecule has 1 aromatic carbocycles. The molecule has 1 aromatic rings. The first-order valence-corrected chi connectivity index (χ1v) is 5.90. The molecule has 0 spiro atoms. The molecular weight excluding hydrogens is 196 g/mol. The molecule has 78 valence electrons. The number of aryl methyl sites for hydroxylation is 1. The lowest BCUT2D eigenvalue weighted by molar-refractivity contribution is 0.557. The van der Waals surface area contributed by atoms with Gasteiger partial charge in [0.05, 0.1) is 4.90 Å². The fourth-order valence-corrected chi connectivity index (χ4v) is 1.91. The molecule has 0 fully saturated rings. The molecule has 0 amide bonds. The first-order valence-electron chi connectivity index (χ1n) is 4.80. The first kappa shape index (κ1) is 11.4. The lowest BCUT2D eigenvalue weighted by atomic mass is 10.0. The second kappa shape index (κ2) is 5.27. The van der Waals surface area contributed by atoms with E-state index in [0.29, 0.717) is 10.8 Å². The van der Waals surface area contributed by atoms with Crippen LogP contribution >= 0.6 is 0 Å². The van der Waals surface area contributed by atoms with E-state index in [1.807, 2.05) is 12.1 Å². The number of benzene rings is 1. The molecule has 0 saturated heterocycles. The summed E-state index contributed by atoms with van der Waals surface area (Å²) in [5.41, 5.74) is 0.988. The molecule has 1 unspecified atom stereocenters. The van der Waals surface area contributed by atoms with Gasteiger partial charge in [0.25, 0.3) is 0 Å². The van der Waals surface area contributed by atoms with Gasteiger partial charge in [0.1, 0.15) is 0 Å². The summed E-state index contributed by atoms with van der Waals surface area (Å²) in [6.07, 6.45) is 1.92. The summed E-state index contributed by atoms with van der Waals surface area (Å²) >= 11 is -1.86. The largest absolute Gasteiger partial charge is 0.302 e. The molecule has 0 aliphatic heterocycles. The Morgan fingerprint density at radius 1 is 1.36 bits per heavy atom. The minimum absolute atomic E-state index is 0.549. The SMILES string of the molecule is CC(C)CCc1ccccc1S(=O)O. The van der Waals surface area contributed by atoms with Crippen LogP contribution in [0.2, 0.25) is 0 Å². The molecular formula is C11H16O2S. The predicted molar refractivity (Wildman–Crippen MR) is 58.6 cm³/mol. The third-order valence-corrected chi connectivity index (χ3v) is 2.93. The summed E-state index contributed by atoms with van der Waals surface area (Å²) in [6, 6.07) is 7.34. The van der Waals surface area contributed by atoms with Crippen molar-refractivity contribution in [2.24, 2.45) is 5.92 Å². The average Bonchev–Trinajstić information content (AvgIpc) is 2.15. The summed E-state index contributed by atoms with van der Waals surface area (Å²) < 4.78 is 20.0. The highest BCUT2D eigenvalue weighted by Gasteiger charge is 2.06. The van der Waals surface area contributed by atoms with Crippen molar-refractivity contribution in [2.75, 3.05) is 0 Å². The van der Waals surface area contributed by atoms with Crippen molar-refractivity contribution in [1.82, 2.24) is 0 Å².